The van der Waals surface area contributed by atoms with E-state index in [0.29, 0.717) is 48.9 Å². The molecule has 1 aliphatic rings. The van der Waals surface area contributed by atoms with Crippen molar-refractivity contribution in [3.05, 3.63) is 115 Å². The van der Waals surface area contributed by atoms with Gasteiger partial charge in [-0.3, -0.25) is 9.36 Å². The number of aromatic hydroxyl groups is 1. The first-order valence-electron chi connectivity index (χ1n) is 12.5. The highest BCUT2D eigenvalue weighted by Gasteiger charge is 2.33. The number of esters is 1. The van der Waals surface area contributed by atoms with Crippen LogP contribution in [0.2, 0.25) is 0 Å². The molecule has 1 aliphatic heterocycles. The number of hydrogen-bond donors (Lipinski definition) is 1. The third-order valence-electron chi connectivity index (χ3n) is 6.29. The second-order valence-corrected chi connectivity index (χ2v) is 9.86. The van der Waals surface area contributed by atoms with Crippen LogP contribution < -0.4 is 19.6 Å². The lowest BCUT2D eigenvalue weighted by molar-refractivity contribution is -0.139. The van der Waals surface area contributed by atoms with Crippen molar-refractivity contribution < 1.29 is 19.4 Å². The maximum atomic E-state index is 13.8. The second kappa shape index (κ2) is 11.5. The molecule has 2 heterocycles. The number of fused-ring (bicyclic) bond motifs is 1. The lowest BCUT2D eigenvalue weighted by Gasteiger charge is -2.24. The number of nitrogens with zero attached hydrogens (tertiary/aromatic N) is 4. The predicted molar refractivity (Wildman–Crippen MR) is 152 cm³/mol. The van der Waals surface area contributed by atoms with Crippen LogP contribution in [0.25, 0.3) is 6.08 Å². The summed E-state index contributed by atoms with van der Waals surface area (Å²) in [6.45, 7) is 3.65. The van der Waals surface area contributed by atoms with Gasteiger partial charge in [0.05, 0.1) is 46.9 Å². The molecule has 3 aromatic carbocycles. The molecule has 1 aromatic heterocycles. The van der Waals surface area contributed by atoms with Crippen LogP contribution in [0.3, 0.4) is 0 Å². The first-order chi connectivity index (χ1) is 19.4. The van der Waals surface area contributed by atoms with Crippen molar-refractivity contribution in [2.24, 2.45) is 15.2 Å². The molecular formula is C30H26N4O5S. The molecule has 40 heavy (non-hydrogen) atoms. The number of thiazole rings is 1. The molecule has 1 N–H and O–H groups in total. The van der Waals surface area contributed by atoms with Crippen molar-refractivity contribution in [2.75, 3.05) is 13.7 Å². The summed E-state index contributed by atoms with van der Waals surface area (Å²) in [5.41, 5.74) is 2.73. The number of ether oxygens (including phenoxy) is 2. The number of phenols is 1. The summed E-state index contributed by atoms with van der Waals surface area (Å²) in [5, 5.41) is 19.0. The molecule has 0 saturated carbocycles. The van der Waals surface area contributed by atoms with Crippen LogP contribution in [0, 0.1) is 0 Å². The minimum Gasteiger partial charge on any atom is -0.507 e. The van der Waals surface area contributed by atoms with Crippen molar-refractivity contribution in [1.82, 2.24) is 4.57 Å². The summed E-state index contributed by atoms with van der Waals surface area (Å²) < 4.78 is 12.5. The Morgan fingerprint density at radius 1 is 1.07 bits per heavy atom. The van der Waals surface area contributed by atoms with Gasteiger partial charge < -0.3 is 14.6 Å². The summed E-state index contributed by atoms with van der Waals surface area (Å²) in [5.74, 6) is 0.0685. The fourth-order valence-corrected chi connectivity index (χ4v) is 5.40. The zero-order chi connectivity index (χ0) is 28.2. The van der Waals surface area contributed by atoms with Gasteiger partial charge in [0.1, 0.15) is 11.5 Å². The van der Waals surface area contributed by atoms with E-state index in [1.165, 1.54) is 22.0 Å². The maximum absolute atomic E-state index is 13.8. The Morgan fingerprint density at radius 2 is 1.80 bits per heavy atom. The molecule has 1 atom stereocenters. The van der Waals surface area contributed by atoms with Gasteiger partial charge in [-0.15, -0.1) is 0 Å². The average molecular weight is 555 g/mol. The Hall–Kier alpha value is -4.83. The zero-order valence-corrected chi connectivity index (χ0v) is 22.9. The second-order valence-electron chi connectivity index (χ2n) is 8.85. The highest BCUT2D eigenvalue weighted by Crippen LogP contribution is 2.32. The quantitative estimate of drug-likeness (QED) is 0.257. The Balaban J connectivity index is 1.57. The number of aromatic nitrogens is 1. The molecule has 10 heteroatoms. The lowest BCUT2D eigenvalue weighted by Crippen LogP contribution is -2.39. The molecule has 5 rings (SSSR count). The van der Waals surface area contributed by atoms with E-state index in [1.807, 2.05) is 42.5 Å². The topological polar surface area (TPSA) is 115 Å². The summed E-state index contributed by atoms with van der Waals surface area (Å²) in [6.07, 6.45) is 1.60. The summed E-state index contributed by atoms with van der Waals surface area (Å²) in [4.78, 5) is 31.8. The average Bonchev–Trinajstić information content (AvgIpc) is 3.27. The molecule has 9 nitrogen and oxygen atoms in total. The molecule has 0 radical (unpaired) electrons. The van der Waals surface area contributed by atoms with Gasteiger partial charge in [0, 0.05) is 11.6 Å². The fourth-order valence-electron chi connectivity index (χ4n) is 4.36. The van der Waals surface area contributed by atoms with Gasteiger partial charge in [-0.1, -0.05) is 41.7 Å². The Morgan fingerprint density at radius 3 is 2.48 bits per heavy atom. The monoisotopic (exact) mass is 554 g/mol. The Labute approximate surface area is 233 Å². The molecule has 0 saturated heterocycles. The van der Waals surface area contributed by atoms with Gasteiger partial charge >= 0.3 is 5.97 Å². The molecule has 0 unspecified atom stereocenters. The third-order valence-corrected chi connectivity index (χ3v) is 7.27. The van der Waals surface area contributed by atoms with E-state index in [0.717, 1.165) is 0 Å². The van der Waals surface area contributed by atoms with Gasteiger partial charge in [-0.25, -0.2) is 9.79 Å². The van der Waals surface area contributed by atoms with Gasteiger partial charge in [-0.05, 0) is 61.9 Å². The summed E-state index contributed by atoms with van der Waals surface area (Å²) in [6, 6.07) is 20.6. The number of methoxy groups -OCH3 is 1. The van der Waals surface area contributed by atoms with Crippen molar-refractivity contribution in [3.8, 4) is 11.5 Å². The van der Waals surface area contributed by atoms with Gasteiger partial charge in [0.25, 0.3) is 5.56 Å². The Kier molecular flexibility index (Phi) is 7.70. The minimum absolute atomic E-state index is 0.0505. The summed E-state index contributed by atoms with van der Waals surface area (Å²) in [7, 11) is 1.57. The molecule has 0 bridgehead atoms. The molecule has 202 valence electrons. The standard InChI is InChI=1S/C30H26N4O5S/c1-4-39-29(37)26-18(2)31-30-34(27(26)19-11-14-23(38-3)15-12-19)28(36)25(40-30)16-20-10-13-22(17-24(20)35)33-32-21-8-6-5-7-9-21/h5-17,27,35H,4H2,1-3H3/b25-16-,33-32?/t27-/m1/s1. The predicted octanol–water partition coefficient (Wildman–Crippen LogP) is 4.93. The Bertz CT molecular complexity index is 1810. The zero-order valence-electron chi connectivity index (χ0n) is 22.1. The molecule has 0 spiro atoms. The smallest absolute Gasteiger partial charge is 0.338 e. The van der Waals surface area contributed by atoms with E-state index in [2.05, 4.69) is 15.2 Å². The SMILES string of the molecule is CCOC(=O)C1=C(C)N=c2s/c(=C\c3ccc(N=Nc4ccccc4)cc3O)c(=O)n2[C@@H]1c1ccc(OC)cc1. The van der Waals surface area contributed by atoms with Crippen LogP contribution in [0.15, 0.2) is 104 Å². The van der Waals surface area contributed by atoms with Crippen molar-refractivity contribution >= 4 is 34.8 Å². The van der Waals surface area contributed by atoms with Crippen LogP contribution in [0.4, 0.5) is 11.4 Å². The van der Waals surface area contributed by atoms with Crippen LogP contribution in [-0.2, 0) is 9.53 Å². The number of rotatable bonds is 7. The molecular weight excluding hydrogens is 528 g/mol. The first-order valence-corrected chi connectivity index (χ1v) is 13.3. The lowest BCUT2D eigenvalue weighted by atomic mass is 9.96. The van der Waals surface area contributed by atoms with Crippen molar-refractivity contribution in [1.29, 1.82) is 0 Å². The van der Waals surface area contributed by atoms with E-state index in [1.54, 1.807) is 51.3 Å². The van der Waals surface area contributed by atoms with E-state index >= 15 is 0 Å². The number of hydrogen-bond acceptors (Lipinski definition) is 9. The van der Waals surface area contributed by atoms with Crippen LogP contribution in [0.1, 0.15) is 31.0 Å². The van der Waals surface area contributed by atoms with Crippen molar-refractivity contribution in [3.63, 3.8) is 0 Å². The third kappa shape index (κ3) is 5.34. The number of carbonyl (C=O) groups is 1. The van der Waals surface area contributed by atoms with Crippen LogP contribution in [-0.4, -0.2) is 29.4 Å². The number of azo groups is 1. The summed E-state index contributed by atoms with van der Waals surface area (Å²) >= 11 is 1.18. The number of allylic oxidation sites excluding steroid dienone is 1. The fraction of sp³-hybridized carbons (Fsp3) is 0.167. The normalized spacial score (nSPS) is 15.2. The minimum atomic E-state index is -0.738. The van der Waals surface area contributed by atoms with E-state index in [4.69, 9.17) is 9.47 Å². The largest absolute Gasteiger partial charge is 0.507 e. The molecule has 0 amide bonds. The van der Waals surface area contributed by atoms with Gasteiger partial charge in [-0.2, -0.15) is 10.2 Å². The molecule has 0 aliphatic carbocycles. The number of carbonyl (C=O) groups excluding carboxylic acids is 1. The highest BCUT2D eigenvalue weighted by atomic mass is 32.1. The van der Waals surface area contributed by atoms with Crippen LogP contribution >= 0.6 is 11.3 Å². The maximum Gasteiger partial charge on any atom is 0.338 e. The first kappa shape index (κ1) is 26.8. The molecule has 4 aromatic rings. The van der Waals surface area contributed by atoms with Crippen molar-refractivity contribution in [2.45, 2.75) is 19.9 Å². The van der Waals surface area contributed by atoms with E-state index < -0.39 is 12.0 Å². The highest BCUT2D eigenvalue weighted by molar-refractivity contribution is 7.07. The van der Waals surface area contributed by atoms with Gasteiger partial charge in [0.15, 0.2) is 4.80 Å². The van der Waals surface area contributed by atoms with Crippen LogP contribution in [0.5, 0.6) is 11.5 Å². The molecule has 0 fully saturated rings. The number of benzene rings is 3. The van der Waals surface area contributed by atoms with Gasteiger partial charge in [0.2, 0.25) is 0 Å². The van der Waals surface area contributed by atoms with E-state index in [-0.39, 0.29) is 17.9 Å². The van der Waals surface area contributed by atoms with E-state index in [9.17, 15) is 14.7 Å². The number of phenolic OH excluding ortho intramolecular Hbond substituents is 1.